The molecule has 0 atom stereocenters. The van der Waals surface area contributed by atoms with Gasteiger partial charge < -0.3 is 10.2 Å². The minimum absolute atomic E-state index is 0.00749. The van der Waals surface area contributed by atoms with E-state index in [1.54, 1.807) is 0 Å². The third-order valence-electron chi connectivity index (χ3n) is 2.46. The van der Waals surface area contributed by atoms with Gasteiger partial charge in [0, 0.05) is 0 Å². The minimum Gasteiger partial charge on any atom is -0.505 e. The number of rotatable bonds is 2. The minimum atomic E-state index is -1.89. The van der Waals surface area contributed by atoms with Crippen molar-refractivity contribution in [2.75, 3.05) is 0 Å². The van der Waals surface area contributed by atoms with E-state index in [9.17, 15) is 14.4 Å². The van der Waals surface area contributed by atoms with E-state index in [2.05, 4.69) is 0 Å². The molecule has 106 valence electrons. The fourth-order valence-electron chi connectivity index (χ4n) is 1.46. The van der Waals surface area contributed by atoms with Gasteiger partial charge in [-0.05, 0) is 24.3 Å². The van der Waals surface area contributed by atoms with Gasteiger partial charge in [-0.1, -0.05) is 46.4 Å². The number of phenols is 2. The highest BCUT2D eigenvalue weighted by atomic mass is 35.5. The number of benzene rings is 2. The highest BCUT2D eigenvalue weighted by Gasteiger charge is 2.21. The summed E-state index contributed by atoms with van der Waals surface area (Å²) in [5.74, 6) is -0.828. The third kappa shape index (κ3) is 2.71. The van der Waals surface area contributed by atoms with E-state index in [0.717, 1.165) is 0 Å². The first-order valence-corrected chi connectivity index (χ1v) is 7.76. The maximum absolute atomic E-state index is 12.4. The Hall–Kier alpha value is -0.650. The quantitative estimate of drug-likeness (QED) is 0.790. The summed E-state index contributed by atoms with van der Waals surface area (Å²) in [6, 6.07) is 5.49. The van der Waals surface area contributed by atoms with Crippen LogP contribution in [-0.4, -0.2) is 14.4 Å². The van der Waals surface area contributed by atoms with Crippen LogP contribution in [0.3, 0.4) is 0 Å². The van der Waals surface area contributed by atoms with E-state index in [4.69, 9.17) is 46.4 Å². The average molecular weight is 372 g/mol. The topological polar surface area (TPSA) is 57.5 Å². The summed E-state index contributed by atoms with van der Waals surface area (Å²) in [7, 11) is -1.89. The van der Waals surface area contributed by atoms with Crippen LogP contribution in [0.2, 0.25) is 20.1 Å². The largest absolute Gasteiger partial charge is 0.505 e. The van der Waals surface area contributed by atoms with Crippen molar-refractivity contribution in [2.45, 2.75) is 9.79 Å². The van der Waals surface area contributed by atoms with Gasteiger partial charge in [0.1, 0.15) is 10.0 Å². The maximum Gasteiger partial charge on any atom is 0.152 e. The summed E-state index contributed by atoms with van der Waals surface area (Å²) in [5, 5.41) is 19.8. The lowest BCUT2D eigenvalue weighted by Crippen LogP contribution is -1.95. The van der Waals surface area contributed by atoms with Crippen LogP contribution >= 0.6 is 46.4 Å². The number of hydrogen-bond donors (Lipinski definition) is 2. The van der Waals surface area contributed by atoms with Crippen LogP contribution in [0.1, 0.15) is 0 Å². The molecule has 0 aliphatic rings. The molecule has 0 saturated carbocycles. The Morgan fingerprint density at radius 3 is 1.45 bits per heavy atom. The van der Waals surface area contributed by atoms with Crippen LogP contribution in [0.4, 0.5) is 0 Å². The van der Waals surface area contributed by atoms with E-state index in [1.807, 2.05) is 0 Å². The third-order valence-corrected chi connectivity index (χ3v) is 5.51. The van der Waals surface area contributed by atoms with Crippen molar-refractivity contribution in [1.82, 2.24) is 0 Å². The summed E-state index contributed by atoms with van der Waals surface area (Å²) < 4.78 is 12.4. The Morgan fingerprint density at radius 1 is 0.750 bits per heavy atom. The summed E-state index contributed by atoms with van der Waals surface area (Å²) in [5.41, 5.74) is 0. The molecule has 20 heavy (non-hydrogen) atoms. The molecule has 0 aromatic heterocycles. The fraction of sp³-hybridized carbons (Fsp3) is 0. The first-order valence-electron chi connectivity index (χ1n) is 5.10. The molecule has 0 heterocycles. The Bertz CT molecular complexity index is 659. The lowest BCUT2D eigenvalue weighted by atomic mass is 10.3. The van der Waals surface area contributed by atoms with E-state index >= 15 is 0 Å². The molecular formula is C12H6Cl4O3S. The van der Waals surface area contributed by atoms with Crippen molar-refractivity contribution in [3.8, 4) is 11.5 Å². The van der Waals surface area contributed by atoms with E-state index in [-0.39, 0.29) is 29.9 Å². The maximum atomic E-state index is 12.4. The molecule has 0 aliphatic carbocycles. The second-order valence-electron chi connectivity index (χ2n) is 3.68. The van der Waals surface area contributed by atoms with Gasteiger partial charge in [0.15, 0.2) is 11.5 Å². The molecule has 0 amide bonds. The number of phenolic OH excluding ortho intramolecular Hbond substituents is 2. The molecule has 2 aromatic rings. The molecule has 2 N–H and O–H groups in total. The van der Waals surface area contributed by atoms with Gasteiger partial charge in [-0.2, -0.15) is 0 Å². The van der Waals surface area contributed by atoms with Crippen LogP contribution < -0.4 is 0 Å². The molecule has 8 heteroatoms. The van der Waals surface area contributed by atoms with Crippen molar-refractivity contribution >= 4 is 57.2 Å². The summed E-state index contributed by atoms with van der Waals surface area (Å²) in [6.45, 7) is 0. The van der Waals surface area contributed by atoms with Crippen LogP contribution in [0.5, 0.6) is 11.5 Å². The smallest absolute Gasteiger partial charge is 0.152 e. The number of halogens is 4. The Morgan fingerprint density at radius 2 is 1.10 bits per heavy atom. The van der Waals surface area contributed by atoms with E-state index in [0.29, 0.717) is 0 Å². The van der Waals surface area contributed by atoms with Crippen LogP contribution in [0.15, 0.2) is 34.1 Å². The molecule has 0 saturated heterocycles. The lowest BCUT2D eigenvalue weighted by molar-refractivity contribution is 0.458. The van der Waals surface area contributed by atoms with Crippen molar-refractivity contribution in [3.05, 3.63) is 44.4 Å². The average Bonchev–Trinajstić information content (AvgIpc) is 2.42. The molecule has 0 spiro atoms. The van der Waals surface area contributed by atoms with E-state index in [1.165, 1.54) is 24.3 Å². The zero-order valence-electron chi connectivity index (χ0n) is 9.53. The van der Waals surface area contributed by atoms with Gasteiger partial charge in [-0.3, -0.25) is 0 Å². The summed E-state index contributed by atoms with van der Waals surface area (Å²) in [6.07, 6.45) is 0. The molecule has 2 rings (SSSR count). The molecule has 0 aliphatic heterocycles. The summed E-state index contributed by atoms with van der Waals surface area (Å²) in [4.78, 5) is 0.0150. The molecular weight excluding hydrogens is 366 g/mol. The highest BCUT2D eigenvalue weighted by molar-refractivity contribution is 7.85. The predicted molar refractivity (Wildman–Crippen MR) is 80.9 cm³/mol. The van der Waals surface area contributed by atoms with Crippen molar-refractivity contribution < 1.29 is 14.4 Å². The van der Waals surface area contributed by atoms with Gasteiger partial charge in [0.25, 0.3) is 0 Å². The van der Waals surface area contributed by atoms with Gasteiger partial charge in [0.2, 0.25) is 0 Å². The van der Waals surface area contributed by atoms with Gasteiger partial charge in [0.05, 0.1) is 30.6 Å². The Labute approximate surface area is 137 Å². The molecule has 2 aromatic carbocycles. The molecule has 0 fully saturated rings. The normalized spacial score (nSPS) is 11.1. The number of hydrogen-bond acceptors (Lipinski definition) is 3. The molecule has 0 unspecified atom stereocenters. The van der Waals surface area contributed by atoms with Crippen molar-refractivity contribution in [2.24, 2.45) is 0 Å². The summed E-state index contributed by atoms with van der Waals surface area (Å²) >= 11 is 23.0. The number of aromatic hydroxyl groups is 2. The lowest BCUT2D eigenvalue weighted by Gasteiger charge is -2.10. The van der Waals surface area contributed by atoms with Gasteiger partial charge in [-0.25, -0.2) is 4.21 Å². The highest BCUT2D eigenvalue weighted by Crippen LogP contribution is 2.41. The standard InChI is InChI=1S/C12H6Cl4O3S/c13-5-1-3-7(11(17)9(5)15)20(19)8-4-2-6(14)10(16)12(8)18/h1-4,17-18H. The Balaban J connectivity index is 2.58. The first kappa shape index (κ1) is 15.7. The predicted octanol–water partition coefficient (Wildman–Crippen LogP) is 4.88. The first-order chi connectivity index (χ1) is 9.34. The zero-order chi connectivity index (χ0) is 15.0. The van der Waals surface area contributed by atoms with Crippen molar-refractivity contribution in [3.63, 3.8) is 0 Å². The van der Waals surface area contributed by atoms with E-state index < -0.39 is 22.3 Å². The van der Waals surface area contributed by atoms with Gasteiger partial charge in [-0.15, -0.1) is 0 Å². The SMILES string of the molecule is O=S(c1ccc(Cl)c(Cl)c1O)c1ccc(Cl)c(Cl)c1O. The second kappa shape index (κ2) is 6.00. The monoisotopic (exact) mass is 370 g/mol. The Kier molecular flexibility index (Phi) is 4.72. The molecule has 0 bridgehead atoms. The van der Waals surface area contributed by atoms with Crippen LogP contribution in [0, 0.1) is 0 Å². The van der Waals surface area contributed by atoms with Crippen LogP contribution in [0.25, 0.3) is 0 Å². The van der Waals surface area contributed by atoms with Gasteiger partial charge >= 0.3 is 0 Å². The fourth-order valence-corrected chi connectivity index (χ4v) is 3.38. The molecule has 0 radical (unpaired) electrons. The second-order valence-corrected chi connectivity index (χ2v) is 6.67. The van der Waals surface area contributed by atoms with Crippen LogP contribution in [-0.2, 0) is 10.8 Å². The van der Waals surface area contributed by atoms with Crippen molar-refractivity contribution in [1.29, 1.82) is 0 Å². The molecule has 3 nitrogen and oxygen atoms in total. The zero-order valence-corrected chi connectivity index (χ0v) is 13.4.